The number of carbonyl (C=O) groups is 2. The number of hydrogen-bond donors (Lipinski definition) is 2. The number of aliphatic hydroxyl groups excluding tert-OH is 1. The van der Waals surface area contributed by atoms with E-state index < -0.39 is 0 Å². The Balaban J connectivity index is 2.94. The van der Waals surface area contributed by atoms with Gasteiger partial charge in [0, 0.05) is 26.6 Å². The summed E-state index contributed by atoms with van der Waals surface area (Å²) >= 11 is 0. The van der Waals surface area contributed by atoms with Gasteiger partial charge in [-0.05, 0) is 25.5 Å². The predicted molar refractivity (Wildman–Crippen MR) is 74.2 cm³/mol. The van der Waals surface area contributed by atoms with Crippen molar-refractivity contribution in [3.63, 3.8) is 0 Å². The Morgan fingerprint density at radius 2 is 2.00 bits per heavy atom. The quantitative estimate of drug-likeness (QED) is 0.838. The van der Waals surface area contributed by atoms with Crippen LogP contribution in [0.2, 0.25) is 0 Å². The normalized spacial score (nSPS) is 11.8. The molecule has 0 spiro atoms. The minimum Gasteiger partial charge on any atom is -0.396 e. The van der Waals surface area contributed by atoms with Gasteiger partial charge in [-0.25, -0.2) is 0 Å². The second kappa shape index (κ2) is 6.89. The van der Waals surface area contributed by atoms with E-state index >= 15 is 0 Å². The maximum absolute atomic E-state index is 12.1. The van der Waals surface area contributed by atoms with Gasteiger partial charge in [0.2, 0.25) is 5.91 Å². The molecule has 2 N–H and O–H groups in total. The van der Waals surface area contributed by atoms with Crippen LogP contribution in [0.5, 0.6) is 0 Å². The molecular weight excluding hydrogens is 244 g/mol. The molecule has 1 aromatic carbocycles. The van der Waals surface area contributed by atoms with E-state index in [1.54, 1.807) is 31.3 Å². The third kappa shape index (κ3) is 4.06. The molecule has 0 heterocycles. The highest BCUT2D eigenvalue weighted by atomic mass is 16.3. The number of rotatable bonds is 5. The minimum absolute atomic E-state index is 0.0242. The van der Waals surface area contributed by atoms with Gasteiger partial charge in [0.25, 0.3) is 5.91 Å². The van der Waals surface area contributed by atoms with Crippen molar-refractivity contribution in [1.82, 2.24) is 5.32 Å². The van der Waals surface area contributed by atoms with Crippen LogP contribution in [0.3, 0.4) is 0 Å². The van der Waals surface area contributed by atoms with E-state index in [0.29, 0.717) is 17.7 Å². The van der Waals surface area contributed by atoms with Crippen LogP contribution < -0.4 is 10.2 Å². The highest BCUT2D eigenvalue weighted by Gasteiger charge is 2.17. The molecule has 1 atom stereocenters. The molecule has 0 saturated heterocycles. The number of anilines is 1. The molecule has 0 fully saturated rings. The van der Waals surface area contributed by atoms with Crippen molar-refractivity contribution in [2.75, 3.05) is 18.6 Å². The minimum atomic E-state index is -0.246. The lowest BCUT2D eigenvalue weighted by molar-refractivity contribution is -0.116. The van der Waals surface area contributed by atoms with E-state index in [2.05, 4.69) is 5.32 Å². The Morgan fingerprint density at radius 3 is 2.58 bits per heavy atom. The number of para-hydroxylation sites is 1. The van der Waals surface area contributed by atoms with E-state index in [-0.39, 0.29) is 24.5 Å². The van der Waals surface area contributed by atoms with E-state index in [9.17, 15) is 9.59 Å². The lowest BCUT2D eigenvalue weighted by Crippen LogP contribution is -2.35. The fraction of sp³-hybridized carbons (Fsp3) is 0.429. The average Bonchev–Trinajstić information content (AvgIpc) is 2.37. The molecule has 0 bridgehead atoms. The van der Waals surface area contributed by atoms with Crippen LogP contribution in [0.15, 0.2) is 24.3 Å². The number of amides is 2. The molecule has 0 aliphatic carbocycles. The number of carbonyl (C=O) groups excluding carboxylic acids is 2. The molecule has 0 aliphatic rings. The van der Waals surface area contributed by atoms with E-state index in [1.165, 1.54) is 11.8 Å². The standard InChI is InChI=1S/C14H20N2O3/c1-10(8-9-17)15-14(19)12-6-4-5-7-13(12)16(3)11(2)18/h4-7,10,17H,8-9H2,1-3H3,(H,15,19). The van der Waals surface area contributed by atoms with Gasteiger partial charge in [-0.3, -0.25) is 9.59 Å². The molecule has 104 valence electrons. The number of aliphatic hydroxyl groups is 1. The Kier molecular flexibility index (Phi) is 5.51. The zero-order valence-electron chi connectivity index (χ0n) is 11.5. The summed E-state index contributed by atoms with van der Waals surface area (Å²) in [6.45, 7) is 3.30. The van der Waals surface area contributed by atoms with Gasteiger partial charge in [-0.15, -0.1) is 0 Å². The lowest BCUT2D eigenvalue weighted by atomic mass is 10.1. The first-order valence-corrected chi connectivity index (χ1v) is 6.22. The van der Waals surface area contributed by atoms with Crippen LogP contribution in [0.1, 0.15) is 30.6 Å². The van der Waals surface area contributed by atoms with Crippen LogP contribution in [-0.2, 0) is 4.79 Å². The Labute approximate surface area is 113 Å². The summed E-state index contributed by atoms with van der Waals surface area (Å²) < 4.78 is 0. The second-order valence-corrected chi connectivity index (χ2v) is 4.48. The zero-order chi connectivity index (χ0) is 14.4. The number of nitrogens with zero attached hydrogens (tertiary/aromatic N) is 1. The third-order valence-corrected chi connectivity index (χ3v) is 2.92. The van der Waals surface area contributed by atoms with Crippen LogP contribution in [0.25, 0.3) is 0 Å². The van der Waals surface area contributed by atoms with Crippen molar-refractivity contribution in [3.8, 4) is 0 Å². The van der Waals surface area contributed by atoms with E-state index in [1.807, 2.05) is 6.92 Å². The van der Waals surface area contributed by atoms with E-state index in [0.717, 1.165) is 0 Å². The Hall–Kier alpha value is -1.88. The van der Waals surface area contributed by atoms with Gasteiger partial charge in [0.1, 0.15) is 0 Å². The Morgan fingerprint density at radius 1 is 1.37 bits per heavy atom. The van der Waals surface area contributed by atoms with Crippen molar-refractivity contribution in [2.24, 2.45) is 0 Å². The van der Waals surface area contributed by atoms with Crippen molar-refractivity contribution < 1.29 is 14.7 Å². The summed E-state index contributed by atoms with van der Waals surface area (Å²) in [6.07, 6.45) is 0.496. The molecular formula is C14H20N2O3. The van der Waals surface area contributed by atoms with Crippen molar-refractivity contribution in [3.05, 3.63) is 29.8 Å². The summed E-state index contributed by atoms with van der Waals surface area (Å²) in [5.74, 6) is -0.381. The maximum atomic E-state index is 12.1. The molecule has 1 aromatic rings. The number of nitrogens with one attached hydrogen (secondary N) is 1. The fourth-order valence-electron chi connectivity index (χ4n) is 1.70. The number of benzene rings is 1. The first-order valence-electron chi connectivity index (χ1n) is 6.22. The second-order valence-electron chi connectivity index (χ2n) is 4.48. The van der Waals surface area contributed by atoms with Gasteiger partial charge >= 0.3 is 0 Å². The average molecular weight is 264 g/mol. The van der Waals surface area contributed by atoms with Gasteiger partial charge in [-0.1, -0.05) is 12.1 Å². The largest absolute Gasteiger partial charge is 0.396 e. The van der Waals surface area contributed by atoms with Crippen LogP contribution >= 0.6 is 0 Å². The first kappa shape index (κ1) is 15.2. The topological polar surface area (TPSA) is 69.6 Å². The molecule has 0 saturated carbocycles. The zero-order valence-corrected chi connectivity index (χ0v) is 11.5. The summed E-state index contributed by atoms with van der Waals surface area (Å²) in [7, 11) is 1.63. The molecule has 5 heteroatoms. The van der Waals surface area contributed by atoms with Gasteiger partial charge < -0.3 is 15.3 Å². The predicted octanol–water partition coefficient (Wildman–Crippen LogP) is 1.17. The number of hydrogen-bond acceptors (Lipinski definition) is 3. The van der Waals surface area contributed by atoms with Crippen LogP contribution in [0.4, 0.5) is 5.69 Å². The molecule has 0 aliphatic heterocycles. The molecule has 0 radical (unpaired) electrons. The smallest absolute Gasteiger partial charge is 0.253 e. The van der Waals surface area contributed by atoms with Crippen molar-refractivity contribution in [1.29, 1.82) is 0 Å². The van der Waals surface area contributed by atoms with Gasteiger partial charge in [0.15, 0.2) is 0 Å². The first-order chi connectivity index (χ1) is 8.97. The summed E-state index contributed by atoms with van der Waals surface area (Å²) in [5, 5.41) is 11.6. The SMILES string of the molecule is CC(=O)N(C)c1ccccc1C(=O)NC(C)CCO. The molecule has 1 rings (SSSR count). The van der Waals surface area contributed by atoms with E-state index in [4.69, 9.17) is 5.11 Å². The van der Waals surface area contributed by atoms with Crippen LogP contribution in [0, 0.1) is 0 Å². The van der Waals surface area contributed by atoms with Gasteiger partial charge in [0.05, 0.1) is 11.3 Å². The summed E-state index contributed by atoms with van der Waals surface area (Å²) in [6, 6.07) is 6.82. The van der Waals surface area contributed by atoms with Gasteiger partial charge in [-0.2, -0.15) is 0 Å². The molecule has 19 heavy (non-hydrogen) atoms. The van der Waals surface area contributed by atoms with Crippen molar-refractivity contribution >= 4 is 17.5 Å². The molecule has 0 aromatic heterocycles. The molecule has 2 amide bonds. The lowest BCUT2D eigenvalue weighted by Gasteiger charge is -2.20. The molecule has 1 unspecified atom stereocenters. The highest BCUT2D eigenvalue weighted by Crippen LogP contribution is 2.19. The van der Waals surface area contributed by atoms with Crippen molar-refractivity contribution in [2.45, 2.75) is 26.3 Å². The monoisotopic (exact) mass is 264 g/mol. The van der Waals surface area contributed by atoms with Crippen LogP contribution in [-0.4, -0.2) is 36.6 Å². The maximum Gasteiger partial charge on any atom is 0.253 e. The fourth-order valence-corrected chi connectivity index (χ4v) is 1.70. The third-order valence-electron chi connectivity index (χ3n) is 2.92. The highest BCUT2D eigenvalue weighted by molar-refractivity contribution is 6.04. The Bertz CT molecular complexity index is 460. The summed E-state index contributed by atoms with van der Waals surface area (Å²) in [4.78, 5) is 25.0. The molecule has 5 nitrogen and oxygen atoms in total. The summed E-state index contributed by atoms with van der Waals surface area (Å²) in [5.41, 5.74) is 1.02.